The molecule has 2 aromatic rings. The fourth-order valence-electron chi connectivity index (χ4n) is 2.05. The van der Waals surface area contributed by atoms with Gasteiger partial charge in [0, 0.05) is 12.6 Å². The van der Waals surface area contributed by atoms with Crippen LogP contribution >= 0.6 is 0 Å². The van der Waals surface area contributed by atoms with Crippen molar-refractivity contribution in [1.29, 1.82) is 0 Å². The molecule has 0 fully saturated rings. The largest absolute Gasteiger partial charge is 0.497 e. The lowest BCUT2D eigenvalue weighted by molar-refractivity contribution is 0.0937. The van der Waals surface area contributed by atoms with E-state index in [-0.39, 0.29) is 11.9 Å². The van der Waals surface area contributed by atoms with E-state index in [0.29, 0.717) is 11.5 Å². The zero-order chi connectivity index (χ0) is 16.7. The lowest BCUT2D eigenvalue weighted by Crippen LogP contribution is -2.30. The molecular weight excluding hydrogens is 292 g/mol. The number of carbonyl (C=O) groups excluding carboxylic acids is 1. The Morgan fingerprint density at radius 2 is 2.04 bits per heavy atom. The molecule has 0 radical (unpaired) electrons. The van der Waals surface area contributed by atoms with E-state index >= 15 is 0 Å². The van der Waals surface area contributed by atoms with Gasteiger partial charge in [0.1, 0.15) is 11.6 Å². The first-order valence-electron chi connectivity index (χ1n) is 7.60. The smallest absolute Gasteiger partial charge is 0.271 e. The fraction of sp³-hybridized carbons (Fsp3) is 0.353. The second kappa shape index (κ2) is 8.12. The average molecular weight is 314 g/mol. The van der Waals surface area contributed by atoms with E-state index in [9.17, 15) is 4.79 Å². The normalized spacial score (nSPS) is 10.4. The number of nitrogens with one attached hydrogen (secondary N) is 2. The Morgan fingerprint density at radius 3 is 2.70 bits per heavy atom. The molecule has 1 amide bonds. The van der Waals surface area contributed by atoms with Crippen LogP contribution in [0.15, 0.2) is 36.4 Å². The number of rotatable bonds is 7. The van der Waals surface area contributed by atoms with Crippen LogP contribution in [0, 0.1) is 0 Å². The standard InChI is InChI=1S/C17H22N4O2/c1-12(2)19-17(22)15-7-8-16(21-20-15)18-10-9-13-5-4-6-14(11-13)23-3/h4-8,11-12H,9-10H2,1-3H3,(H,18,21)(H,19,22). The summed E-state index contributed by atoms with van der Waals surface area (Å²) in [4.78, 5) is 11.8. The summed E-state index contributed by atoms with van der Waals surface area (Å²) in [5.41, 5.74) is 1.50. The molecule has 2 rings (SSSR count). The zero-order valence-corrected chi connectivity index (χ0v) is 13.7. The van der Waals surface area contributed by atoms with Gasteiger partial charge in [-0.25, -0.2) is 0 Å². The SMILES string of the molecule is COc1cccc(CCNc2ccc(C(=O)NC(C)C)nn2)c1. The van der Waals surface area contributed by atoms with Crippen molar-refractivity contribution in [1.82, 2.24) is 15.5 Å². The monoisotopic (exact) mass is 314 g/mol. The van der Waals surface area contributed by atoms with Gasteiger partial charge >= 0.3 is 0 Å². The lowest BCUT2D eigenvalue weighted by atomic mass is 10.1. The third-order valence-electron chi connectivity index (χ3n) is 3.17. The quantitative estimate of drug-likeness (QED) is 0.820. The molecule has 6 nitrogen and oxygen atoms in total. The van der Waals surface area contributed by atoms with Crippen LogP contribution in [0.25, 0.3) is 0 Å². The molecule has 0 aliphatic carbocycles. The highest BCUT2D eigenvalue weighted by molar-refractivity contribution is 5.92. The lowest BCUT2D eigenvalue weighted by Gasteiger charge is -2.08. The molecule has 0 bridgehead atoms. The predicted octanol–water partition coefficient (Wildman–Crippen LogP) is 2.28. The van der Waals surface area contributed by atoms with Crippen LogP contribution in [-0.2, 0) is 6.42 Å². The Bertz CT molecular complexity index is 641. The maximum atomic E-state index is 11.8. The van der Waals surface area contributed by atoms with Gasteiger partial charge in [-0.05, 0) is 50.1 Å². The third kappa shape index (κ3) is 5.25. The van der Waals surface area contributed by atoms with Crippen molar-refractivity contribution in [2.75, 3.05) is 19.0 Å². The molecule has 0 saturated heterocycles. The first-order valence-corrected chi connectivity index (χ1v) is 7.60. The Hall–Kier alpha value is -2.63. The van der Waals surface area contributed by atoms with Crippen molar-refractivity contribution < 1.29 is 9.53 Å². The van der Waals surface area contributed by atoms with Crippen molar-refractivity contribution in [3.05, 3.63) is 47.7 Å². The van der Waals surface area contributed by atoms with E-state index in [2.05, 4.69) is 26.9 Å². The Morgan fingerprint density at radius 1 is 1.22 bits per heavy atom. The number of methoxy groups -OCH3 is 1. The van der Waals surface area contributed by atoms with E-state index in [4.69, 9.17) is 4.74 Å². The molecular formula is C17H22N4O2. The summed E-state index contributed by atoms with van der Waals surface area (Å²) in [6.45, 7) is 4.53. The van der Waals surface area contributed by atoms with Crippen LogP contribution in [0.4, 0.5) is 5.82 Å². The molecule has 23 heavy (non-hydrogen) atoms. The Kier molecular flexibility index (Phi) is 5.91. The molecule has 2 N–H and O–H groups in total. The van der Waals surface area contributed by atoms with Crippen LogP contribution < -0.4 is 15.4 Å². The molecule has 0 spiro atoms. The second-order valence-electron chi connectivity index (χ2n) is 5.46. The number of ether oxygens (including phenoxy) is 1. The molecule has 0 atom stereocenters. The molecule has 1 aromatic heterocycles. The van der Waals surface area contributed by atoms with Gasteiger partial charge in [-0.1, -0.05) is 12.1 Å². The van der Waals surface area contributed by atoms with Crippen molar-refractivity contribution in [2.24, 2.45) is 0 Å². The van der Waals surface area contributed by atoms with Gasteiger partial charge in [0.15, 0.2) is 5.69 Å². The van der Waals surface area contributed by atoms with Crippen LogP contribution in [0.3, 0.4) is 0 Å². The fourth-order valence-corrected chi connectivity index (χ4v) is 2.05. The number of hydrogen-bond acceptors (Lipinski definition) is 5. The van der Waals surface area contributed by atoms with Crippen LogP contribution in [0.2, 0.25) is 0 Å². The molecule has 6 heteroatoms. The minimum atomic E-state index is -0.213. The minimum Gasteiger partial charge on any atom is -0.497 e. The Labute approximate surface area is 136 Å². The van der Waals surface area contributed by atoms with Gasteiger partial charge in [0.2, 0.25) is 0 Å². The summed E-state index contributed by atoms with van der Waals surface area (Å²) >= 11 is 0. The number of nitrogens with zero attached hydrogens (tertiary/aromatic N) is 2. The number of carbonyl (C=O) groups is 1. The maximum Gasteiger partial charge on any atom is 0.271 e. The number of anilines is 1. The first-order chi connectivity index (χ1) is 11.1. The van der Waals surface area contributed by atoms with Gasteiger partial charge < -0.3 is 15.4 Å². The summed E-state index contributed by atoms with van der Waals surface area (Å²) in [6.07, 6.45) is 0.842. The summed E-state index contributed by atoms with van der Waals surface area (Å²) in [5, 5.41) is 13.9. The van der Waals surface area contributed by atoms with Crippen molar-refractivity contribution >= 4 is 11.7 Å². The van der Waals surface area contributed by atoms with E-state index in [0.717, 1.165) is 18.7 Å². The van der Waals surface area contributed by atoms with Gasteiger partial charge in [-0.3, -0.25) is 4.79 Å². The topological polar surface area (TPSA) is 76.1 Å². The number of hydrogen-bond donors (Lipinski definition) is 2. The van der Waals surface area contributed by atoms with Gasteiger partial charge in [-0.15, -0.1) is 10.2 Å². The van der Waals surface area contributed by atoms with Crippen LogP contribution in [0.1, 0.15) is 29.9 Å². The van der Waals surface area contributed by atoms with Gasteiger partial charge in [-0.2, -0.15) is 0 Å². The Balaban J connectivity index is 1.85. The molecule has 1 aromatic carbocycles. The molecule has 0 aliphatic heterocycles. The van der Waals surface area contributed by atoms with Crippen molar-refractivity contribution in [3.8, 4) is 5.75 Å². The molecule has 0 unspecified atom stereocenters. The highest BCUT2D eigenvalue weighted by Crippen LogP contribution is 2.13. The zero-order valence-electron chi connectivity index (χ0n) is 13.7. The van der Waals surface area contributed by atoms with Crippen LogP contribution in [-0.4, -0.2) is 35.8 Å². The summed E-state index contributed by atoms with van der Waals surface area (Å²) in [7, 11) is 1.66. The van der Waals surface area contributed by atoms with E-state index in [1.165, 1.54) is 5.56 Å². The number of benzene rings is 1. The number of aromatic nitrogens is 2. The molecule has 0 saturated carbocycles. The third-order valence-corrected chi connectivity index (χ3v) is 3.17. The summed E-state index contributed by atoms with van der Waals surface area (Å²) in [5.74, 6) is 1.28. The van der Waals surface area contributed by atoms with Crippen LogP contribution in [0.5, 0.6) is 5.75 Å². The van der Waals surface area contributed by atoms with E-state index in [1.807, 2.05) is 32.0 Å². The van der Waals surface area contributed by atoms with E-state index < -0.39 is 0 Å². The first kappa shape index (κ1) is 16.7. The number of amides is 1. The molecule has 0 aliphatic rings. The molecule has 122 valence electrons. The highest BCUT2D eigenvalue weighted by atomic mass is 16.5. The van der Waals surface area contributed by atoms with Gasteiger partial charge in [0.25, 0.3) is 5.91 Å². The highest BCUT2D eigenvalue weighted by Gasteiger charge is 2.08. The predicted molar refractivity (Wildman–Crippen MR) is 89.8 cm³/mol. The maximum absolute atomic E-state index is 11.8. The summed E-state index contributed by atoms with van der Waals surface area (Å²) in [6, 6.07) is 11.4. The second-order valence-corrected chi connectivity index (χ2v) is 5.46. The van der Waals surface area contributed by atoms with Crippen molar-refractivity contribution in [3.63, 3.8) is 0 Å². The minimum absolute atomic E-state index is 0.0740. The van der Waals surface area contributed by atoms with Crippen molar-refractivity contribution in [2.45, 2.75) is 26.3 Å². The average Bonchev–Trinajstić information content (AvgIpc) is 2.55. The van der Waals surface area contributed by atoms with E-state index in [1.54, 1.807) is 19.2 Å². The molecule has 1 heterocycles. The summed E-state index contributed by atoms with van der Waals surface area (Å²) < 4.78 is 5.20. The van der Waals surface area contributed by atoms with Gasteiger partial charge in [0.05, 0.1) is 7.11 Å².